The van der Waals surface area contributed by atoms with Crippen LogP contribution >= 0.6 is 0 Å². The van der Waals surface area contributed by atoms with E-state index in [1.807, 2.05) is 24.8 Å². The predicted molar refractivity (Wildman–Crippen MR) is 98.1 cm³/mol. The van der Waals surface area contributed by atoms with E-state index in [-0.39, 0.29) is 29.7 Å². The molecular formula is C19H25FN4O2. The molecule has 0 unspecified atom stereocenters. The van der Waals surface area contributed by atoms with Crippen LogP contribution in [0.5, 0.6) is 0 Å². The molecule has 0 bridgehead atoms. The first kappa shape index (κ1) is 18.2. The fraction of sp³-hybridized carbons (Fsp3) is 0.474. The smallest absolute Gasteiger partial charge is 0.317 e. The summed E-state index contributed by atoms with van der Waals surface area (Å²) in [6.45, 7) is 5.56. The van der Waals surface area contributed by atoms with Crippen LogP contribution in [0.1, 0.15) is 26.0 Å². The number of H-pyrrole nitrogens is 1. The molecule has 26 heavy (non-hydrogen) atoms. The number of carbonyl (C=O) groups excluding carboxylic acids is 2. The lowest BCUT2D eigenvalue weighted by molar-refractivity contribution is -0.129. The topological polar surface area (TPSA) is 68.4 Å². The molecule has 1 aromatic carbocycles. The number of urea groups is 1. The van der Waals surface area contributed by atoms with E-state index in [0.717, 1.165) is 16.6 Å². The molecule has 1 fully saturated rings. The van der Waals surface area contributed by atoms with Gasteiger partial charge in [-0.25, -0.2) is 9.18 Å². The molecule has 1 aromatic heterocycles. The summed E-state index contributed by atoms with van der Waals surface area (Å²) >= 11 is 0. The van der Waals surface area contributed by atoms with Crippen LogP contribution in [0, 0.1) is 11.7 Å². The number of benzene rings is 1. The number of hydrogen-bond donors (Lipinski definition) is 2. The van der Waals surface area contributed by atoms with Crippen molar-refractivity contribution >= 4 is 22.8 Å². The summed E-state index contributed by atoms with van der Waals surface area (Å²) < 4.78 is 13.3. The maximum absolute atomic E-state index is 13.3. The number of fused-ring (bicyclic) bond motifs is 1. The van der Waals surface area contributed by atoms with E-state index in [0.29, 0.717) is 26.1 Å². The van der Waals surface area contributed by atoms with Crippen LogP contribution in [0.25, 0.3) is 10.9 Å². The molecular weight excluding hydrogens is 335 g/mol. The van der Waals surface area contributed by atoms with Crippen molar-refractivity contribution in [3.8, 4) is 0 Å². The minimum absolute atomic E-state index is 0.151. The highest BCUT2D eigenvalue weighted by Gasteiger charge is 2.31. The Hall–Kier alpha value is -2.57. The quantitative estimate of drug-likeness (QED) is 0.861. The first-order valence-corrected chi connectivity index (χ1v) is 8.89. The lowest BCUT2D eigenvalue weighted by Crippen LogP contribution is -2.40. The molecule has 2 heterocycles. The van der Waals surface area contributed by atoms with E-state index >= 15 is 0 Å². The molecule has 6 nitrogen and oxygen atoms in total. The van der Waals surface area contributed by atoms with E-state index in [9.17, 15) is 14.0 Å². The second kappa shape index (κ2) is 7.35. The highest BCUT2D eigenvalue weighted by molar-refractivity contribution is 5.81. The van der Waals surface area contributed by atoms with Gasteiger partial charge in [-0.3, -0.25) is 4.79 Å². The third-order valence-electron chi connectivity index (χ3n) is 4.80. The van der Waals surface area contributed by atoms with Gasteiger partial charge in [0.25, 0.3) is 0 Å². The number of nitrogens with one attached hydrogen (secondary N) is 2. The van der Waals surface area contributed by atoms with Crippen molar-refractivity contribution in [2.75, 3.05) is 20.1 Å². The Balaban J connectivity index is 1.52. The van der Waals surface area contributed by atoms with E-state index < -0.39 is 0 Å². The number of aromatic amines is 1. The molecule has 1 atom stereocenters. The van der Waals surface area contributed by atoms with Crippen LogP contribution in [-0.2, 0) is 11.3 Å². The summed E-state index contributed by atoms with van der Waals surface area (Å²) in [6, 6.07) is 6.41. The number of nitrogens with zero attached hydrogens (tertiary/aromatic N) is 2. The molecule has 140 valence electrons. The van der Waals surface area contributed by atoms with Crippen LogP contribution in [0.2, 0.25) is 0 Å². The van der Waals surface area contributed by atoms with Gasteiger partial charge in [0.1, 0.15) is 5.82 Å². The van der Waals surface area contributed by atoms with Gasteiger partial charge in [-0.15, -0.1) is 0 Å². The largest absolute Gasteiger partial charge is 0.357 e. The van der Waals surface area contributed by atoms with Crippen molar-refractivity contribution in [1.82, 2.24) is 20.1 Å². The third kappa shape index (κ3) is 3.98. The Kier molecular flexibility index (Phi) is 5.15. The highest BCUT2D eigenvalue weighted by atomic mass is 19.1. The normalized spacial score (nSPS) is 17.3. The molecule has 0 saturated carbocycles. The van der Waals surface area contributed by atoms with E-state index in [1.165, 1.54) is 12.1 Å². The van der Waals surface area contributed by atoms with Gasteiger partial charge in [0, 0.05) is 55.1 Å². The van der Waals surface area contributed by atoms with Crippen molar-refractivity contribution in [2.45, 2.75) is 32.9 Å². The number of halogens is 1. The average Bonchev–Trinajstić information content (AvgIpc) is 3.14. The molecule has 0 spiro atoms. The maximum atomic E-state index is 13.3. The number of likely N-dealkylation sites (tertiary alicyclic amines) is 1. The van der Waals surface area contributed by atoms with Crippen LogP contribution < -0.4 is 5.32 Å². The van der Waals surface area contributed by atoms with Gasteiger partial charge >= 0.3 is 6.03 Å². The van der Waals surface area contributed by atoms with Gasteiger partial charge in [-0.1, -0.05) is 0 Å². The minimum atomic E-state index is -0.282. The average molecular weight is 360 g/mol. The molecule has 2 aromatic rings. The summed E-state index contributed by atoms with van der Waals surface area (Å²) in [6.07, 6.45) is 0.482. The second-order valence-electron chi connectivity index (χ2n) is 7.28. The van der Waals surface area contributed by atoms with Crippen molar-refractivity contribution in [2.24, 2.45) is 5.92 Å². The molecule has 0 aliphatic carbocycles. The van der Waals surface area contributed by atoms with Crippen molar-refractivity contribution in [3.63, 3.8) is 0 Å². The molecule has 1 saturated heterocycles. The van der Waals surface area contributed by atoms with Crippen LogP contribution in [0.3, 0.4) is 0 Å². The third-order valence-corrected chi connectivity index (χ3v) is 4.80. The lowest BCUT2D eigenvalue weighted by Gasteiger charge is -2.22. The Bertz CT molecular complexity index is 817. The van der Waals surface area contributed by atoms with Gasteiger partial charge in [0.15, 0.2) is 0 Å². The summed E-state index contributed by atoms with van der Waals surface area (Å²) in [5.74, 6) is 0.0203. The first-order chi connectivity index (χ1) is 12.3. The van der Waals surface area contributed by atoms with Crippen LogP contribution in [0.15, 0.2) is 24.3 Å². The number of hydrogen-bond acceptors (Lipinski definition) is 2. The lowest BCUT2D eigenvalue weighted by atomic mass is 10.1. The molecule has 7 heteroatoms. The van der Waals surface area contributed by atoms with Crippen molar-refractivity contribution in [1.29, 1.82) is 0 Å². The maximum Gasteiger partial charge on any atom is 0.317 e. The zero-order valence-corrected chi connectivity index (χ0v) is 15.4. The standard InChI is InChI=1S/C19H25FN4O2/c1-12(2)24-10-13(6-18(24)25)9-21-19(26)23(3)11-16-8-14-7-15(20)4-5-17(14)22-16/h4-5,7-8,12-13,22H,6,9-11H2,1-3H3,(H,21,26)/t13-/m0/s1. The van der Waals surface area contributed by atoms with Crippen LogP contribution in [-0.4, -0.2) is 52.9 Å². The number of amides is 3. The fourth-order valence-electron chi connectivity index (χ4n) is 3.39. The molecule has 2 N–H and O–H groups in total. The van der Waals surface area contributed by atoms with Gasteiger partial charge in [0.05, 0.1) is 6.54 Å². The number of aromatic nitrogens is 1. The fourth-order valence-corrected chi connectivity index (χ4v) is 3.39. The SMILES string of the molecule is CC(C)N1C[C@H](CNC(=O)N(C)Cc2cc3cc(F)ccc3[nH]2)CC1=O. The number of rotatable bonds is 5. The summed E-state index contributed by atoms with van der Waals surface area (Å²) in [5.41, 5.74) is 1.68. The minimum Gasteiger partial charge on any atom is -0.357 e. The molecule has 1 aliphatic rings. The number of carbonyl (C=O) groups is 2. The second-order valence-corrected chi connectivity index (χ2v) is 7.28. The first-order valence-electron chi connectivity index (χ1n) is 8.89. The Morgan fingerprint density at radius 3 is 2.88 bits per heavy atom. The predicted octanol–water partition coefficient (Wildman–Crippen LogP) is 2.71. The summed E-state index contributed by atoms with van der Waals surface area (Å²) in [7, 11) is 1.71. The Morgan fingerprint density at radius 2 is 2.19 bits per heavy atom. The van der Waals surface area contributed by atoms with Gasteiger partial charge in [-0.2, -0.15) is 0 Å². The molecule has 1 aliphatic heterocycles. The van der Waals surface area contributed by atoms with Crippen molar-refractivity contribution < 1.29 is 14.0 Å². The summed E-state index contributed by atoms with van der Waals surface area (Å²) in [5, 5.41) is 3.69. The van der Waals surface area contributed by atoms with Crippen LogP contribution in [0.4, 0.5) is 9.18 Å². The zero-order valence-electron chi connectivity index (χ0n) is 15.4. The van der Waals surface area contributed by atoms with E-state index in [2.05, 4.69) is 10.3 Å². The monoisotopic (exact) mass is 360 g/mol. The summed E-state index contributed by atoms with van der Waals surface area (Å²) in [4.78, 5) is 30.8. The van der Waals surface area contributed by atoms with Gasteiger partial charge in [-0.05, 0) is 38.1 Å². The Labute approximate surface area is 152 Å². The van der Waals surface area contributed by atoms with E-state index in [1.54, 1.807) is 18.0 Å². The molecule has 3 rings (SSSR count). The van der Waals surface area contributed by atoms with Gasteiger partial charge in [0.2, 0.25) is 5.91 Å². The zero-order chi connectivity index (χ0) is 18.8. The van der Waals surface area contributed by atoms with E-state index in [4.69, 9.17) is 0 Å². The highest BCUT2D eigenvalue weighted by Crippen LogP contribution is 2.20. The molecule has 3 amide bonds. The van der Waals surface area contributed by atoms with Gasteiger partial charge < -0.3 is 20.1 Å². The molecule has 0 radical (unpaired) electrons. The Morgan fingerprint density at radius 1 is 1.42 bits per heavy atom. The van der Waals surface area contributed by atoms with Crippen molar-refractivity contribution in [3.05, 3.63) is 35.8 Å².